The fourth-order valence-electron chi connectivity index (χ4n) is 1.28. The van der Waals surface area contributed by atoms with Gasteiger partial charge in [0.05, 0.1) is 13.2 Å². The number of nitrogens with zero attached hydrogens (tertiary/aromatic N) is 1. The average Bonchev–Trinajstić information content (AvgIpc) is 2.27. The first-order valence-corrected chi connectivity index (χ1v) is 4.94. The molecule has 0 N–H and O–H groups in total. The Morgan fingerprint density at radius 2 is 1.87 bits per heavy atom. The van der Waals surface area contributed by atoms with E-state index in [-0.39, 0.29) is 11.8 Å². The van der Waals surface area contributed by atoms with E-state index in [0.717, 1.165) is 11.1 Å². The van der Waals surface area contributed by atoms with E-state index in [4.69, 9.17) is 4.84 Å². The maximum Gasteiger partial charge on any atom is 0.182 e. The molecule has 0 spiro atoms. The predicted octanol–water partition coefficient (Wildman–Crippen LogP) is 2.06. The van der Waals surface area contributed by atoms with Crippen LogP contribution in [0.5, 0.6) is 0 Å². The van der Waals surface area contributed by atoms with Crippen LogP contribution in [-0.4, -0.2) is 31.0 Å². The zero-order chi connectivity index (χ0) is 11.4. The van der Waals surface area contributed by atoms with E-state index in [9.17, 15) is 4.79 Å². The van der Waals surface area contributed by atoms with Gasteiger partial charge in [0.25, 0.3) is 0 Å². The molecule has 82 valence electrons. The maximum atomic E-state index is 11.9. The SMILES string of the molecule is CON(C)C(C)C(=O)c1ccc(C)cc1. The van der Waals surface area contributed by atoms with Gasteiger partial charge in [0.2, 0.25) is 0 Å². The molecule has 1 atom stereocenters. The summed E-state index contributed by atoms with van der Waals surface area (Å²) >= 11 is 0. The number of carbonyl (C=O) groups is 1. The second kappa shape index (κ2) is 5.05. The third kappa shape index (κ3) is 2.88. The van der Waals surface area contributed by atoms with Gasteiger partial charge in [-0.1, -0.05) is 29.8 Å². The Morgan fingerprint density at radius 1 is 1.33 bits per heavy atom. The summed E-state index contributed by atoms with van der Waals surface area (Å²) in [5.41, 5.74) is 1.87. The fraction of sp³-hybridized carbons (Fsp3) is 0.417. The summed E-state index contributed by atoms with van der Waals surface area (Å²) in [6.07, 6.45) is 0. The first-order chi connectivity index (χ1) is 7.06. The highest BCUT2D eigenvalue weighted by molar-refractivity contribution is 5.99. The van der Waals surface area contributed by atoms with Crippen LogP contribution in [0.4, 0.5) is 0 Å². The molecule has 0 fully saturated rings. The summed E-state index contributed by atoms with van der Waals surface area (Å²) in [7, 11) is 3.30. The van der Waals surface area contributed by atoms with Crippen molar-refractivity contribution in [2.45, 2.75) is 19.9 Å². The highest BCUT2D eigenvalue weighted by Crippen LogP contribution is 2.09. The summed E-state index contributed by atoms with van der Waals surface area (Å²) in [6.45, 7) is 3.82. The van der Waals surface area contributed by atoms with Gasteiger partial charge in [-0.3, -0.25) is 4.79 Å². The molecule has 3 nitrogen and oxygen atoms in total. The summed E-state index contributed by atoms with van der Waals surface area (Å²) in [4.78, 5) is 16.9. The molecular formula is C12H17NO2. The van der Waals surface area contributed by atoms with E-state index in [1.54, 1.807) is 19.2 Å². The monoisotopic (exact) mass is 207 g/mol. The molecule has 1 aromatic carbocycles. The summed E-state index contributed by atoms with van der Waals surface area (Å²) in [5.74, 6) is 0.0688. The predicted molar refractivity (Wildman–Crippen MR) is 59.7 cm³/mol. The number of Topliss-reactive ketones (excluding diaryl/α,β-unsaturated/α-hetero) is 1. The Labute approximate surface area is 90.6 Å². The normalized spacial score (nSPS) is 12.9. The number of benzene rings is 1. The molecule has 1 unspecified atom stereocenters. The lowest BCUT2D eigenvalue weighted by atomic mass is 10.0. The fourth-order valence-corrected chi connectivity index (χ4v) is 1.28. The topological polar surface area (TPSA) is 29.5 Å². The number of carbonyl (C=O) groups excluding carboxylic acids is 1. The summed E-state index contributed by atoms with van der Waals surface area (Å²) in [6, 6.07) is 7.30. The van der Waals surface area contributed by atoms with E-state index in [1.807, 2.05) is 38.1 Å². The molecule has 0 bridgehead atoms. The number of hydrogen-bond acceptors (Lipinski definition) is 3. The van der Waals surface area contributed by atoms with Crippen molar-refractivity contribution in [3.63, 3.8) is 0 Å². The van der Waals surface area contributed by atoms with Gasteiger partial charge in [-0.05, 0) is 13.8 Å². The first kappa shape index (κ1) is 11.9. The Balaban J connectivity index is 2.80. The molecule has 0 aromatic heterocycles. The smallest absolute Gasteiger partial charge is 0.182 e. The number of hydroxylamine groups is 2. The number of aryl methyl sites for hydroxylation is 1. The van der Waals surface area contributed by atoms with Crippen LogP contribution in [0.2, 0.25) is 0 Å². The van der Waals surface area contributed by atoms with Crippen molar-refractivity contribution in [3.05, 3.63) is 35.4 Å². The third-order valence-corrected chi connectivity index (χ3v) is 2.55. The molecule has 1 rings (SSSR count). The van der Waals surface area contributed by atoms with Crippen molar-refractivity contribution < 1.29 is 9.63 Å². The Morgan fingerprint density at radius 3 is 2.33 bits per heavy atom. The Kier molecular flexibility index (Phi) is 4.00. The lowest BCUT2D eigenvalue weighted by Gasteiger charge is -2.20. The maximum absolute atomic E-state index is 11.9. The van der Waals surface area contributed by atoms with Crippen molar-refractivity contribution in [3.8, 4) is 0 Å². The number of hydrogen-bond donors (Lipinski definition) is 0. The highest BCUT2D eigenvalue weighted by atomic mass is 16.7. The zero-order valence-electron chi connectivity index (χ0n) is 9.65. The van der Waals surface area contributed by atoms with Gasteiger partial charge < -0.3 is 4.84 Å². The van der Waals surface area contributed by atoms with Crippen molar-refractivity contribution in [2.75, 3.05) is 14.2 Å². The minimum atomic E-state index is -0.266. The van der Waals surface area contributed by atoms with E-state index in [2.05, 4.69) is 0 Å². The molecular weight excluding hydrogens is 190 g/mol. The van der Waals surface area contributed by atoms with Crippen LogP contribution in [-0.2, 0) is 4.84 Å². The quantitative estimate of drug-likeness (QED) is 0.559. The van der Waals surface area contributed by atoms with Gasteiger partial charge in [-0.25, -0.2) is 0 Å². The second-order valence-corrected chi connectivity index (χ2v) is 3.64. The van der Waals surface area contributed by atoms with E-state index in [0.29, 0.717) is 0 Å². The van der Waals surface area contributed by atoms with Gasteiger partial charge in [0, 0.05) is 12.6 Å². The lowest BCUT2D eigenvalue weighted by Crippen LogP contribution is -2.35. The Hall–Kier alpha value is -1.19. The molecule has 0 saturated heterocycles. The largest absolute Gasteiger partial charge is 0.302 e. The molecule has 15 heavy (non-hydrogen) atoms. The van der Waals surface area contributed by atoms with Crippen LogP contribution in [0.3, 0.4) is 0 Å². The molecule has 0 aliphatic carbocycles. The molecule has 0 radical (unpaired) electrons. The van der Waals surface area contributed by atoms with Gasteiger partial charge >= 0.3 is 0 Å². The molecule has 3 heteroatoms. The number of ketones is 1. The van der Waals surface area contributed by atoms with Gasteiger partial charge in [0.15, 0.2) is 5.78 Å². The van der Waals surface area contributed by atoms with Crippen LogP contribution < -0.4 is 0 Å². The lowest BCUT2D eigenvalue weighted by molar-refractivity contribution is -0.125. The minimum absolute atomic E-state index is 0.0688. The molecule has 0 aliphatic rings. The standard InChI is InChI=1S/C12H17NO2/c1-9-5-7-11(8-6-9)12(14)10(2)13(3)15-4/h5-8,10H,1-4H3. The van der Waals surface area contributed by atoms with Crippen LogP contribution >= 0.6 is 0 Å². The second-order valence-electron chi connectivity index (χ2n) is 3.64. The number of rotatable bonds is 4. The van der Waals surface area contributed by atoms with E-state index < -0.39 is 0 Å². The summed E-state index contributed by atoms with van der Waals surface area (Å²) in [5, 5.41) is 1.54. The van der Waals surface area contributed by atoms with Crippen molar-refractivity contribution in [2.24, 2.45) is 0 Å². The molecule has 1 aromatic rings. The van der Waals surface area contributed by atoms with Crippen LogP contribution in [0, 0.1) is 6.92 Å². The summed E-state index contributed by atoms with van der Waals surface area (Å²) < 4.78 is 0. The van der Waals surface area contributed by atoms with Crippen LogP contribution in [0.15, 0.2) is 24.3 Å². The van der Waals surface area contributed by atoms with Gasteiger partial charge in [-0.15, -0.1) is 0 Å². The van der Waals surface area contributed by atoms with Crippen molar-refractivity contribution in [1.29, 1.82) is 0 Å². The molecule has 0 saturated carbocycles. The van der Waals surface area contributed by atoms with E-state index in [1.165, 1.54) is 0 Å². The average molecular weight is 207 g/mol. The third-order valence-electron chi connectivity index (χ3n) is 2.55. The molecule has 0 amide bonds. The number of likely N-dealkylation sites (N-methyl/N-ethyl adjacent to an activating group) is 1. The van der Waals surface area contributed by atoms with Crippen LogP contribution in [0.1, 0.15) is 22.8 Å². The minimum Gasteiger partial charge on any atom is -0.302 e. The first-order valence-electron chi connectivity index (χ1n) is 4.94. The van der Waals surface area contributed by atoms with Crippen LogP contribution in [0.25, 0.3) is 0 Å². The van der Waals surface area contributed by atoms with Crippen molar-refractivity contribution >= 4 is 5.78 Å². The van der Waals surface area contributed by atoms with Gasteiger partial charge in [-0.2, -0.15) is 5.06 Å². The zero-order valence-corrected chi connectivity index (χ0v) is 9.65. The van der Waals surface area contributed by atoms with Crippen molar-refractivity contribution in [1.82, 2.24) is 5.06 Å². The van der Waals surface area contributed by atoms with E-state index >= 15 is 0 Å². The molecule has 0 heterocycles. The molecule has 0 aliphatic heterocycles. The van der Waals surface area contributed by atoms with Gasteiger partial charge in [0.1, 0.15) is 0 Å². The Bertz CT molecular complexity index is 332. The highest BCUT2D eigenvalue weighted by Gasteiger charge is 2.19.